The van der Waals surface area contributed by atoms with Crippen LogP contribution in [0.2, 0.25) is 0 Å². The fourth-order valence-electron chi connectivity index (χ4n) is 3.94. The van der Waals surface area contributed by atoms with Gasteiger partial charge in [-0.15, -0.1) is 0 Å². The third-order valence-corrected chi connectivity index (χ3v) is 7.38. The molecule has 0 aliphatic carbocycles. The Kier molecular flexibility index (Phi) is 5.21. The van der Waals surface area contributed by atoms with Crippen molar-refractivity contribution >= 4 is 16.1 Å². The van der Waals surface area contributed by atoms with E-state index in [4.69, 9.17) is 9.47 Å². The first kappa shape index (κ1) is 19.4. The van der Waals surface area contributed by atoms with Gasteiger partial charge in [-0.3, -0.25) is 4.79 Å². The summed E-state index contributed by atoms with van der Waals surface area (Å²) in [7, 11) is -2.31. The Morgan fingerprint density at radius 2 is 1.89 bits per heavy atom. The van der Waals surface area contributed by atoms with Gasteiger partial charge in [-0.2, -0.15) is 17.4 Å². The highest BCUT2D eigenvalue weighted by molar-refractivity contribution is 7.87. The fourth-order valence-corrected chi connectivity index (χ4v) is 5.21. The Hall–Kier alpha value is -1.88. The zero-order valence-electron chi connectivity index (χ0n) is 16.1. The molecule has 1 aromatic carbocycles. The van der Waals surface area contributed by atoms with E-state index in [9.17, 15) is 13.2 Å². The van der Waals surface area contributed by atoms with Crippen LogP contribution in [0.4, 0.5) is 0 Å². The molecule has 0 saturated carbocycles. The van der Waals surface area contributed by atoms with E-state index in [1.807, 2.05) is 6.07 Å². The maximum absolute atomic E-state index is 13.1. The minimum Gasteiger partial charge on any atom is -0.454 e. The molecule has 4 rings (SSSR count). The van der Waals surface area contributed by atoms with Crippen LogP contribution in [0.5, 0.6) is 11.5 Å². The molecule has 10 heteroatoms. The number of piperazine rings is 1. The molecule has 1 aromatic rings. The molecule has 1 amide bonds. The third-order valence-electron chi connectivity index (χ3n) is 5.78. The molecule has 0 aromatic heterocycles. The van der Waals surface area contributed by atoms with Crippen molar-refractivity contribution in [1.82, 2.24) is 18.8 Å². The van der Waals surface area contributed by atoms with Gasteiger partial charge in [0.25, 0.3) is 10.2 Å². The zero-order valence-corrected chi connectivity index (χ0v) is 16.9. The highest BCUT2D eigenvalue weighted by Gasteiger charge is 2.42. The number of nitrogens with zero attached hydrogens (tertiary/aromatic N) is 3. The minimum absolute atomic E-state index is 0.130. The number of carbonyl (C=O) groups excluding carboxylic acids is 1. The van der Waals surface area contributed by atoms with Crippen LogP contribution in [-0.4, -0.2) is 81.0 Å². The van der Waals surface area contributed by atoms with E-state index in [1.54, 1.807) is 17.0 Å². The van der Waals surface area contributed by atoms with E-state index < -0.39 is 22.3 Å². The fraction of sp³-hybridized carbons (Fsp3) is 0.611. The van der Waals surface area contributed by atoms with Crippen LogP contribution in [0.1, 0.15) is 24.9 Å². The largest absolute Gasteiger partial charge is 0.454 e. The van der Waals surface area contributed by atoms with Crippen molar-refractivity contribution in [2.24, 2.45) is 0 Å². The van der Waals surface area contributed by atoms with E-state index in [-0.39, 0.29) is 12.7 Å². The normalized spacial score (nSPS) is 27.7. The highest BCUT2D eigenvalue weighted by atomic mass is 32.2. The number of nitrogens with one attached hydrogen (secondary N) is 1. The molecule has 1 N–H and O–H groups in total. The topological polar surface area (TPSA) is 91.4 Å². The summed E-state index contributed by atoms with van der Waals surface area (Å²) in [6, 6.07) is 4.14. The van der Waals surface area contributed by atoms with Gasteiger partial charge in [0.05, 0.1) is 6.04 Å². The van der Waals surface area contributed by atoms with Crippen LogP contribution in [0.15, 0.2) is 18.2 Å². The van der Waals surface area contributed by atoms with Gasteiger partial charge in [0.2, 0.25) is 12.7 Å². The minimum atomic E-state index is -3.77. The Morgan fingerprint density at radius 1 is 1.18 bits per heavy atom. The number of rotatable bonds is 3. The Balaban J connectivity index is 1.54. The van der Waals surface area contributed by atoms with Crippen molar-refractivity contribution in [1.29, 1.82) is 0 Å². The van der Waals surface area contributed by atoms with Gasteiger partial charge in [0, 0.05) is 33.2 Å². The summed E-state index contributed by atoms with van der Waals surface area (Å²) in [6.07, 6.45) is 0.363. The molecule has 2 fully saturated rings. The van der Waals surface area contributed by atoms with Crippen LogP contribution in [-0.2, 0) is 15.0 Å². The summed E-state index contributed by atoms with van der Waals surface area (Å²) >= 11 is 0. The summed E-state index contributed by atoms with van der Waals surface area (Å²) in [6.45, 7) is 6.09. The summed E-state index contributed by atoms with van der Waals surface area (Å²) in [5.74, 6) is 1.10. The standard InChI is InChI=1S/C18H26N4O5S/c1-3-21-6-8-22(9-7-21)18(23)15-11-14(19-28(24,25)20(15)2)13-4-5-16-17(10-13)27-12-26-16/h4-5,10,14-15,19H,3,6-9,11-12H2,1-2H3. The molecule has 154 valence electrons. The van der Waals surface area contributed by atoms with E-state index in [1.165, 1.54) is 7.05 Å². The second-order valence-corrected chi connectivity index (χ2v) is 9.08. The molecule has 9 nitrogen and oxygen atoms in total. The molecule has 3 aliphatic heterocycles. The number of benzene rings is 1. The molecule has 3 heterocycles. The first-order chi connectivity index (χ1) is 13.4. The lowest BCUT2D eigenvalue weighted by atomic mass is 9.98. The quantitative estimate of drug-likeness (QED) is 0.763. The van der Waals surface area contributed by atoms with Crippen molar-refractivity contribution in [2.75, 3.05) is 46.6 Å². The summed E-state index contributed by atoms with van der Waals surface area (Å²) < 4.78 is 39.9. The van der Waals surface area contributed by atoms with E-state index in [0.29, 0.717) is 31.0 Å². The number of carbonyl (C=O) groups is 1. The molecule has 0 spiro atoms. The van der Waals surface area contributed by atoms with Gasteiger partial charge < -0.3 is 19.3 Å². The van der Waals surface area contributed by atoms with Gasteiger partial charge >= 0.3 is 0 Å². The Bertz CT molecular complexity index is 854. The first-order valence-electron chi connectivity index (χ1n) is 9.55. The van der Waals surface area contributed by atoms with Crippen molar-refractivity contribution in [2.45, 2.75) is 25.4 Å². The zero-order chi connectivity index (χ0) is 19.9. The maximum Gasteiger partial charge on any atom is 0.280 e. The van der Waals surface area contributed by atoms with Crippen molar-refractivity contribution in [3.63, 3.8) is 0 Å². The van der Waals surface area contributed by atoms with Crippen LogP contribution < -0.4 is 14.2 Å². The number of amides is 1. The summed E-state index contributed by atoms with van der Waals surface area (Å²) in [4.78, 5) is 17.2. The Labute approximate surface area is 165 Å². The maximum atomic E-state index is 13.1. The van der Waals surface area contributed by atoms with Crippen molar-refractivity contribution in [3.8, 4) is 11.5 Å². The molecule has 2 unspecified atom stereocenters. The van der Waals surface area contributed by atoms with Crippen LogP contribution >= 0.6 is 0 Å². The van der Waals surface area contributed by atoms with E-state index in [2.05, 4.69) is 16.5 Å². The number of fused-ring (bicyclic) bond motifs is 1. The third kappa shape index (κ3) is 3.57. The number of hydrogen-bond donors (Lipinski definition) is 1. The predicted molar refractivity (Wildman–Crippen MR) is 102 cm³/mol. The number of hydrogen-bond acceptors (Lipinski definition) is 6. The molecule has 3 aliphatic rings. The number of likely N-dealkylation sites (N-methyl/N-ethyl adjacent to an activating group) is 2. The van der Waals surface area contributed by atoms with Crippen LogP contribution in [0, 0.1) is 0 Å². The molecular weight excluding hydrogens is 384 g/mol. The lowest BCUT2D eigenvalue weighted by Crippen LogP contribution is -2.60. The van der Waals surface area contributed by atoms with Crippen molar-refractivity contribution in [3.05, 3.63) is 23.8 Å². The first-order valence-corrected chi connectivity index (χ1v) is 11.0. The molecule has 0 radical (unpaired) electrons. The Morgan fingerprint density at radius 3 is 2.61 bits per heavy atom. The smallest absolute Gasteiger partial charge is 0.280 e. The van der Waals surface area contributed by atoms with Gasteiger partial charge in [-0.25, -0.2) is 0 Å². The van der Waals surface area contributed by atoms with Gasteiger partial charge in [-0.05, 0) is 30.7 Å². The van der Waals surface area contributed by atoms with Gasteiger partial charge in [-0.1, -0.05) is 13.0 Å². The molecule has 2 atom stereocenters. The second-order valence-electron chi connectivity index (χ2n) is 7.32. The molecule has 0 bridgehead atoms. The summed E-state index contributed by atoms with van der Waals surface area (Å²) in [5, 5.41) is 0. The van der Waals surface area contributed by atoms with Crippen LogP contribution in [0.25, 0.3) is 0 Å². The van der Waals surface area contributed by atoms with Gasteiger partial charge in [0.1, 0.15) is 6.04 Å². The van der Waals surface area contributed by atoms with Crippen LogP contribution in [0.3, 0.4) is 0 Å². The van der Waals surface area contributed by atoms with E-state index >= 15 is 0 Å². The molecule has 2 saturated heterocycles. The number of ether oxygens (including phenoxy) is 2. The predicted octanol–water partition coefficient (Wildman–Crippen LogP) is 0.159. The second kappa shape index (κ2) is 7.51. The average Bonchev–Trinajstić information content (AvgIpc) is 3.17. The highest BCUT2D eigenvalue weighted by Crippen LogP contribution is 2.37. The van der Waals surface area contributed by atoms with E-state index in [0.717, 1.165) is 29.5 Å². The lowest BCUT2D eigenvalue weighted by molar-refractivity contribution is -0.137. The lowest BCUT2D eigenvalue weighted by Gasteiger charge is -2.41. The monoisotopic (exact) mass is 410 g/mol. The van der Waals surface area contributed by atoms with Crippen molar-refractivity contribution < 1.29 is 22.7 Å². The SMILES string of the molecule is CCN1CCN(C(=O)C2CC(c3ccc4c(c3)OCO4)NS(=O)(=O)N2C)CC1. The average molecular weight is 410 g/mol. The molecule has 28 heavy (non-hydrogen) atoms. The molecular formula is C18H26N4O5S. The van der Waals surface area contributed by atoms with Gasteiger partial charge in [0.15, 0.2) is 11.5 Å². The summed E-state index contributed by atoms with van der Waals surface area (Å²) in [5.41, 5.74) is 0.759.